The van der Waals surface area contributed by atoms with Crippen LogP contribution < -0.4 is 0 Å². The minimum atomic E-state index is -1.44. The molecule has 0 saturated carbocycles. The molecule has 252 valence electrons. The zero-order chi connectivity index (χ0) is 30.8. The third kappa shape index (κ3) is 20.6. The Bertz CT molecular complexity index is 576. The third-order valence-corrected chi connectivity index (χ3v) is 8.74. The van der Waals surface area contributed by atoms with Crippen LogP contribution in [0.4, 0.5) is 0 Å². The molecule has 0 amide bonds. The normalized spacial score (nSPS) is 24.2. The molecular formula is C34H68O8. The summed E-state index contributed by atoms with van der Waals surface area (Å²) < 4.78 is 10.8. The number of ether oxygens (including phenoxy) is 2. The maximum Gasteiger partial charge on any atom is 0.186 e. The number of aliphatic hydroxyl groups is 6. The van der Waals surface area contributed by atoms with Gasteiger partial charge in [-0.25, -0.2) is 0 Å². The maximum absolute atomic E-state index is 10.2. The molecule has 1 saturated heterocycles. The highest BCUT2D eigenvalue weighted by molar-refractivity contribution is 4.88. The molecule has 1 fully saturated rings. The lowest BCUT2D eigenvalue weighted by Gasteiger charge is -2.39. The monoisotopic (exact) mass is 604 g/mol. The molecular weight excluding hydrogens is 536 g/mol. The Labute approximate surface area is 257 Å². The molecule has 0 aromatic carbocycles. The second-order valence-corrected chi connectivity index (χ2v) is 12.9. The van der Waals surface area contributed by atoms with Gasteiger partial charge in [0, 0.05) is 0 Å². The molecule has 1 rings (SSSR count). The zero-order valence-electron chi connectivity index (χ0n) is 26.9. The van der Waals surface area contributed by atoms with Gasteiger partial charge in [-0.3, -0.25) is 0 Å². The fraction of sp³-hybridized carbons (Fsp3) is 1.00. The van der Waals surface area contributed by atoms with E-state index in [-0.39, 0.29) is 12.7 Å². The second-order valence-electron chi connectivity index (χ2n) is 12.9. The van der Waals surface area contributed by atoms with Crippen molar-refractivity contribution >= 4 is 0 Å². The average molecular weight is 605 g/mol. The quantitative estimate of drug-likeness (QED) is 0.0580. The van der Waals surface area contributed by atoms with Gasteiger partial charge in [-0.05, 0) is 26.2 Å². The number of rotatable bonds is 29. The highest BCUT2D eigenvalue weighted by atomic mass is 16.7. The summed E-state index contributed by atoms with van der Waals surface area (Å²) >= 11 is 0. The minimum absolute atomic E-state index is 0.131. The summed E-state index contributed by atoms with van der Waals surface area (Å²) in [7, 11) is 0. The molecule has 8 nitrogen and oxygen atoms in total. The van der Waals surface area contributed by atoms with E-state index in [0.717, 1.165) is 19.3 Å². The molecule has 1 aliphatic heterocycles. The molecule has 42 heavy (non-hydrogen) atoms. The van der Waals surface area contributed by atoms with Crippen molar-refractivity contribution in [1.29, 1.82) is 0 Å². The summed E-state index contributed by atoms with van der Waals surface area (Å²) in [5, 5.41) is 58.3. The van der Waals surface area contributed by atoms with E-state index in [1.165, 1.54) is 122 Å². The Balaban J connectivity index is 1.78. The molecule has 0 aliphatic carbocycles. The molecule has 0 radical (unpaired) electrons. The van der Waals surface area contributed by atoms with Crippen LogP contribution >= 0.6 is 0 Å². The summed E-state index contributed by atoms with van der Waals surface area (Å²) in [4.78, 5) is 0. The van der Waals surface area contributed by atoms with E-state index in [2.05, 4.69) is 0 Å². The van der Waals surface area contributed by atoms with Crippen molar-refractivity contribution in [3.63, 3.8) is 0 Å². The molecule has 0 aromatic rings. The average Bonchev–Trinajstić information content (AvgIpc) is 2.97. The van der Waals surface area contributed by atoms with E-state index in [9.17, 15) is 30.6 Å². The van der Waals surface area contributed by atoms with E-state index < -0.39 is 43.4 Å². The van der Waals surface area contributed by atoms with Crippen LogP contribution in [0.2, 0.25) is 0 Å². The lowest BCUT2D eigenvalue weighted by Crippen LogP contribution is -2.59. The van der Waals surface area contributed by atoms with Crippen molar-refractivity contribution in [1.82, 2.24) is 0 Å². The van der Waals surface area contributed by atoms with Crippen LogP contribution in [0.3, 0.4) is 0 Å². The third-order valence-electron chi connectivity index (χ3n) is 8.74. The predicted molar refractivity (Wildman–Crippen MR) is 168 cm³/mol. The van der Waals surface area contributed by atoms with E-state index >= 15 is 0 Å². The van der Waals surface area contributed by atoms with Crippen LogP contribution in [0, 0.1) is 0 Å². The van der Waals surface area contributed by atoms with Crippen LogP contribution in [0.25, 0.3) is 0 Å². The van der Waals surface area contributed by atoms with Crippen molar-refractivity contribution in [2.24, 2.45) is 0 Å². The lowest BCUT2D eigenvalue weighted by atomic mass is 9.99. The second kappa shape index (κ2) is 27.0. The van der Waals surface area contributed by atoms with Gasteiger partial charge in [0.25, 0.3) is 0 Å². The summed E-state index contributed by atoms with van der Waals surface area (Å²) in [6.07, 6.45) is 22.7. The van der Waals surface area contributed by atoms with Gasteiger partial charge in [-0.15, -0.1) is 0 Å². The van der Waals surface area contributed by atoms with Crippen molar-refractivity contribution in [3.05, 3.63) is 0 Å². The van der Waals surface area contributed by atoms with E-state index in [4.69, 9.17) is 9.47 Å². The van der Waals surface area contributed by atoms with Crippen molar-refractivity contribution in [3.8, 4) is 0 Å². The fourth-order valence-electron chi connectivity index (χ4n) is 5.85. The molecule has 6 N–H and O–H groups in total. The van der Waals surface area contributed by atoms with Crippen molar-refractivity contribution in [2.75, 3.05) is 13.2 Å². The van der Waals surface area contributed by atoms with Crippen LogP contribution in [-0.4, -0.2) is 86.8 Å². The van der Waals surface area contributed by atoms with E-state index in [1.807, 2.05) is 6.92 Å². The molecule has 0 bridgehead atoms. The standard InChI is InChI=1S/C34H68O8/c1-28(36)23-21-19-17-15-13-11-9-7-5-3-2-4-6-8-10-12-14-16-18-20-22-24-29(37)25-26-41-34-33(40)32(39)31(38)30(27-35)42-34/h28-40H,2-27H2,1H3/t28-,29-,30-,31-,32+,33-,34-/m1/s1. The van der Waals surface area contributed by atoms with Gasteiger partial charge in [-0.2, -0.15) is 0 Å². The molecule has 8 heteroatoms. The first kappa shape index (κ1) is 39.7. The Morgan fingerprint density at radius 2 is 0.905 bits per heavy atom. The Morgan fingerprint density at radius 3 is 1.29 bits per heavy atom. The number of aliphatic hydroxyl groups excluding tert-OH is 6. The van der Waals surface area contributed by atoms with E-state index in [1.54, 1.807) is 0 Å². The summed E-state index contributed by atoms with van der Waals surface area (Å²) in [5.74, 6) is 0. The first-order valence-corrected chi connectivity index (χ1v) is 17.6. The van der Waals surface area contributed by atoms with Crippen LogP contribution in [-0.2, 0) is 9.47 Å². The first-order valence-electron chi connectivity index (χ1n) is 17.6. The maximum atomic E-state index is 10.2. The van der Waals surface area contributed by atoms with Gasteiger partial charge in [-0.1, -0.05) is 135 Å². The van der Waals surface area contributed by atoms with Gasteiger partial charge in [0.2, 0.25) is 0 Å². The van der Waals surface area contributed by atoms with Gasteiger partial charge < -0.3 is 40.1 Å². The molecule has 0 aromatic heterocycles. The smallest absolute Gasteiger partial charge is 0.186 e. The molecule has 1 heterocycles. The molecule has 0 unspecified atom stereocenters. The van der Waals surface area contributed by atoms with Crippen molar-refractivity contribution in [2.45, 2.75) is 204 Å². The Hall–Kier alpha value is -0.320. The minimum Gasteiger partial charge on any atom is -0.394 e. The highest BCUT2D eigenvalue weighted by Gasteiger charge is 2.43. The number of hydrogen-bond acceptors (Lipinski definition) is 8. The summed E-state index contributed by atoms with van der Waals surface area (Å²) in [5.41, 5.74) is 0. The number of hydrogen-bond donors (Lipinski definition) is 6. The Kier molecular flexibility index (Phi) is 25.6. The highest BCUT2D eigenvalue weighted by Crippen LogP contribution is 2.22. The van der Waals surface area contributed by atoms with E-state index in [0.29, 0.717) is 12.8 Å². The summed E-state index contributed by atoms with van der Waals surface area (Å²) in [6.45, 7) is 1.56. The van der Waals surface area contributed by atoms with Gasteiger partial charge >= 0.3 is 0 Å². The van der Waals surface area contributed by atoms with Crippen LogP contribution in [0.5, 0.6) is 0 Å². The Morgan fingerprint density at radius 1 is 0.524 bits per heavy atom. The summed E-state index contributed by atoms with van der Waals surface area (Å²) in [6, 6.07) is 0. The van der Waals surface area contributed by atoms with Gasteiger partial charge in [0.05, 0.1) is 25.4 Å². The van der Waals surface area contributed by atoms with Gasteiger partial charge in [0.15, 0.2) is 6.29 Å². The topological polar surface area (TPSA) is 140 Å². The predicted octanol–water partition coefficient (Wildman–Crippen LogP) is 5.91. The number of unbranched alkanes of at least 4 members (excludes halogenated alkanes) is 20. The van der Waals surface area contributed by atoms with Gasteiger partial charge in [0.1, 0.15) is 24.4 Å². The van der Waals surface area contributed by atoms with Crippen LogP contribution in [0.1, 0.15) is 161 Å². The zero-order valence-corrected chi connectivity index (χ0v) is 26.9. The SMILES string of the molecule is C[C@@H](O)CCCCCCCCCCCCCCCCCCCCCCC[C@@H](O)CCO[C@@H]1O[C@H](CO)[C@@H](O)[C@H](O)[C@H]1O. The largest absolute Gasteiger partial charge is 0.394 e. The fourth-order valence-corrected chi connectivity index (χ4v) is 5.85. The van der Waals surface area contributed by atoms with Crippen molar-refractivity contribution < 1.29 is 40.1 Å². The lowest BCUT2D eigenvalue weighted by molar-refractivity contribution is -0.301. The molecule has 7 atom stereocenters. The first-order chi connectivity index (χ1) is 20.4. The molecule has 0 spiro atoms. The van der Waals surface area contributed by atoms with Crippen LogP contribution in [0.15, 0.2) is 0 Å². The molecule has 1 aliphatic rings.